The van der Waals surface area contributed by atoms with Gasteiger partial charge in [0.25, 0.3) is 0 Å². The first kappa shape index (κ1) is 23.8. The Morgan fingerprint density at radius 1 is 0.970 bits per heavy atom. The van der Waals surface area contributed by atoms with Gasteiger partial charge in [-0.25, -0.2) is 4.39 Å². The number of ether oxygens (including phenoxy) is 2. The zero-order valence-corrected chi connectivity index (χ0v) is 18.9. The molecule has 7 heteroatoms. The van der Waals surface area contributed by atoms with Crippen LogP contribution in [-0.2, 0) is 22.6 Å². The van der Waals surface area contributed by atoms with Gasteiger partial charge in [0.05, 0.1) is 26.3 Å². The Bertz CT molecular complexity index is 1100. The summed E-state index contributed by atoms with van der Waals surface area (Å²) < 4.78 is 24.9. The molecule has 0 aliphatic carbocycles. The second-order valence-corrected chi connectivity index (χ2v) is 7.51. The van der Waals surface area contributed by atoms with Gasteiger partial charge in [-0.3, -0.25) is 9.59 Å². The Morgan fingerprint density at radius 2 is 1.67 bits per heavy atom. The van der Waals surface area contributed by atoms with Crippen molar-refractivity contribution in [3.05, 3.63) is 89.7 Å². The van der Waals surface area contributed by atoms with Crippen molar-refractivity contribution in [2.75, 3.05) is 19.5 Å². The van der Waals surface area contributed by atoms with Crippen molar-refractivity contribution in [1.82, 2.24) is 4.90 Å². The van der Waals surface area contributed by atoms with Crippen LogP contribution in [0.4, 0.5) is 10.1 Å². The number of halogens is 1. The fourth-order valence-corrected chi connectivity index (χ4v) is 3.40. The molecule has 0 spiro atoms. The zero-order chi connectivity index (χ0) is 23.8. The SMILES string of the molecule is COc1ccc(NC(=O)C(C)N(Cc2ccccc2F)C(=O)Cc2ccccc2)c(OC)c1. The number of hydrogen-bond donors (Lipinski definition) is 1. The van der Waals surface area contributed by atoms with Crippen LogP contribution in [0.15, 0.2) is 72.8 Å². The summed E-state index contributed by atoms with van der Waals surface area (Å²) in [5.41, 5.74) is 1.59. The highest BCUT2D eigenvalue weighted by Crippen LogP contribution is 2.29. The maximum Gasteiger partial charge on any atom is 0.247 e. The van der Waals surface area contributed by atoms with E-state index in [4.69, 9.17) is 9.47 Å². The van der Waals surface area contributed by atoms with Crippen LogP contribution in [-0.4, -0.2) is 37.0 Å². The third kappa shape index (κ3) is 6.10. The van der Waals surface area contributed by atoms with E-state index in [1.807, 2.05) is 30.3 Å². The predicted octanol–water partition coefficient (Wildman–Crippen LogP) is 4.44. The molecule has 33 heavy (non-hydrogen) atoms. The summed E-state index contributed by atoms with van der Waals surface area (Å²) >= 11 is 0. The second-order valence-electron chi connectivity index (χ2n) is 7.51. The molecule has 0 radical (unpaired) electrons. The summed E-state index contributed by atoms with van der Waals surface area (Å²) in [7, 11) is 3.02. The van der Waals surface area contributed by atoms with E-state index in [1.54, 1.807) is 43.3 Å². The van der Waals surface area contributed by atoms with Crippen LogP contribution in [0.3, 0.4) is 0 Å². The zero-order valence-electron chi connectivity index (χ0n) is 18.9. The van der Waals surface area contributed by atoms with Crippen LogP contribution < -0.4 is 14.8 Å². The molecule has 0 saturated carbocycles. The van der Waals surface area contributed by atoms with Crippen molar-refractivity contribution in [3.8, 4) is 11.5 Å². The molecule has 0 heterocycles. The van der Waals surface area contributed by atoms with Crippen LogP contribution in [0, 0.1) is 5.82 Å². The van der Waals surface area contributed by atoms with Gasteiger partial charge in [0, 0.05) is 18.2 Å². The Kier molecular flexibility index (Phi) is 8.02. The molecule has 6 nitrogen and oxygen atoms in total. The lowest BCUT2D eigenvalue weighted by Gasteiger charge is -2.29. The number of nitrogens with one attached hydrogen (secondary N) is 1. The number of nitrogens with zero attached hydrogens (tertiary/aromatic N) is 1. The van der Waals surface area contributed by atoms with Gasteiger partial charge >= 0.3 is 0 Å². The summed E-state index contributed by atoms with van der Waals surface area (Å²) in [5.74, 6) is -0.132. The summed E-state index contributed by atoms with van der Waals surface area (Å²) in [4.78, 5) is 27.7. The summed E-state index contributed by atoms with van der Waals surface area (Å²) in [5, 5.41) is 2.81. The minimum absolute atomic E-state index is 0.0350. The lowest BCUT2D eigenvalue weighted by Crippen LogP contribution is -2.46. The molecule has 3 rings (SSSR count). The van der Waals surface area contributed by atoms with Gasteiger partial charge in [0.2, 0.25) is 11.8 Å². The van der Waals surface area contributed by atoms with E-state index in [0.29, 0.717) is 22.7 Å². The Labute approximate surface area is 192 Å². The summed E-state index contributed by atoms with van der Waals surface area (Å²) in [6.07, 6.45) is 0.0960. The van der Waals surface area contributed by atoms with E-state index < -0.39 is 17.8 Å². The highest BCUT2D eigenvalue weighted by molar-refractivity contribution is 5.98. The van der Waals surface area contributed by atoms with Gasteiger partial charge in [0.15, 0.2) is 0 Å². The van der Waals surface area contributed by atoms with E-state index in [1.165, 1.54) is 25.2 Å². The maximum atomic E-state index is 14.4. The first-order valence-corrected chi connectivity index (χ1v) is 10.5. The predicted molar refractivity (Wildman–Crippen MR) is 125 cm³/mol. The lowest BCUT2D eigenvalue weighted by atomic mass is 10.1. The Hall–Kier alpha value is -3.87. The Morgan fingerprint density at radius 3 is 2.33 bits per heavy atom. The Balaban J connectivity index is 1.84. The number of benzene rings is 3. The van der Waals surface area contributed by atoms with Crippen LogP contribution in [0.25, 0.3) is 0 Å². The van der Waals surface area contributed by atoms with Gasteiger partial charge in [0.1, 0.15) is 23.4 Å². The topological polar surface area (TPSA) is 67.9 Å². The molecule has 1 N–H and O–H groups in total. The molecule has 0 bridgehead atoms. The van der Waals surface area contributed by atoms with E-state index >= 15 is 0 Å². The summed E-state index contributed by atoms with van der Waals surface area (Å²) in [6.45, 7) is 1.59. The molecule has 1 atom stereocenters. The van der Waals surface area contributed by atoms with E-state index in [2.05, 4.69) is 5.32 Å². The molecule has 0 fully saturated rings. The van der Waals surface area contributed by atoms with Crippen LogP contribution in [0.2, 0.25) is 0 Å². The number of hydrogen-bond acceptors (Lipinski definition) is 4. The molecule has 0 saturated heterocycles. The largest absolute Gasteiger partial charge is 0.497 e. The molecule has 172 valence electrons. The van der Waals surface area contributed by atoms with Crippen molar-refractivity contribution in [1.29, 1.82) is 0 Å². The average molecular weight is 451 g/mol. The average Bonchev–Trinajstić information content (AvgIpc) is 2.83. The monoisotopic (exact) mass is 450 g/mol. The van der Waals surface area contributed by atoms with Crippen LogP contribution in [0.5, 0.6) is 11.5 Å². The number of anilines is 1. The van der Waals surface area contributed by atoms with E-state index in [-0.39, 0.29) is 18.9 Å². The number of carbonyl (C=O) groups is 2. The minimum atomic E-state index is -0.868. The highest BCUT2D eigenvalue weighted by atomic mass is 19.1. The minimum Gasteiger partial charge on any atom is -0.497 e. The molecule has 0 aliphatic rings. The fourth-order valence-electron chi connectivity index (χ4n) is 3.40. The quantitative estimate of drug-likeness (QED) is 0.523. The van der Waals surface area contributed by atoms with Crippen molar-refractivity contribution in [2.45, 2.75) is 25.9 Å². The number of carbonyl (C=O) groups excluding carboxylic acids is 2. The molecular formula is C26H27FN2O4. The van der Waals surface area contributed by atoms with E-state index in [0.717, 1.165) is 5.56 Å². The normalized spacial score (nSPS) is 11.4. The first-order valence-electron chi connectivity index (χ1n) is 10.5. The third-order valence-electron chi connectivity index (χ3n) is 5.33. The second kappa shape index (κ2) is 11.1. The number of rotatable bonds is 9. The maximum absolute atomic E-state index is 14.4. The van der Waals surface area contributed by atoms with Gasteiger partial charge < -0.3 is 19.7 Å². The smallest absolute Gasteiger partial charge is 0.247 e. The highest BCUT2D eigenvalue weighted by Gasteiger charge is 2.27. The third-order valence-corrected chi connectivity index (χ3v) is 5.33. The number of methoxy groups -OCH3 is 2. The molecule has 3 aromatic carbocycles. The molecule has 2 amide bonds. The van der Waals surface area contributed by atoms with Gasteiger partial charge in [-0.1, -0.05) is 48.5 Å². The fraction of sp³-hybridized carbons (Fsp3) is 0.231. The molecule has 3 aromatic rings. The van der Waals surface area contributed by atoms with Gasteiger partial charge in [-0.2, -0.15) is 0 Å². The molecule has 1 unspecified atom stereocenters. The number of amides is 2. The standard InChI is InChI=1S/C26H27FN2O4/c1-18(26(31)28-23-14-13-21(32-2)16-24(23)33-3)29(17-20-11-7-8-12-22(20)27)25(30)15-19-9-5-4-6-10-19/h4-14,16,18H,15,17H2,1-3H3,(H,28,31). The lowest BCUT2D eigenvalue weighted by molar-refractivity contribution is -0.138. The van der Waals surface area contributed by atoms with Gasteiger partial charge in [-0.05, 0) is 30.7 Å². The summed E-state index contributed by atoms with van der Waals surface area (Å²) in [6, 6.07) is 19.6. The van der Waals surface area contributed by atoms with Crippen molar-refractivity contribution >= 4 is 17.5 Å². The van der Waals surface area contributed by atoms with Crippen molar-refractivity contribution in [2.24, 2.45) is 0 Å². The molecule has 0 aliphatic heterocycles. The molecule has 0 aromatic heterocycles. The molecular weight excluding hydrogens is 423 g/mol. The van der Waals surface area contributed by atoms with Gasteiger partial charge in [-0.15, -0.1) is 0 Å². The van der Waals surface area contributed by atoms with Crippen molar-refractivity contribution < 1.29 is 23.5 Å². The van der Waals surface area contributed by atoms with Crippen LogP contribution >= 0.6 is 0 Å². The van der Waals surface area contributed by atoms with Crippen LogP contribution in [0.1, 0.15) is 18.1 Å². The first-order chi connectivity index (χ1) is 15.9. The van der Waals surface area contributed by atoms with Crippen molar-refractivity contribution in [3.63, 3.8) is 0 Å². The van der Waals surface area contributed by atoms with E-state index in [9.17, 15) is 14.0 Å².